The van der Waals surface area contributed by atoms with Crippen LogP contribution >= 0.6 is 0 Å². The van der Waals surface area contributed by atoms with Crippen LogP contribution in [-0.2, 0) is 0 Å². The van der Waals surface area contributed by atoms with Crippen LogP contribution in [0.3, 0.4) is 0 Å². The Balaban J connectivity index is 0.000000956. The van der Waals surface area contributed by atoms with Crippen LogP contribution in [0.1, 0.15) is 54.4 Å². The van der Waals surface area contributed by atoms with Crippen molar-refractivity contribution in [3.63, 3.8) is 0 Å². The zero-order valence-electron chi connectivity index (χ0n) is 14.3. The maximum Gasteiger partial charge on any atom is 0.124 e. The third-order valence-corrected chi connectivity index (χ3v) is 4.22. The second-order valence-electron chi connectivity index (χ2n) is 5.88. The van der Waals surface area contributed by atoms with E-state index >= 15 is 0 Å². The lowest BCUT2D eigenvalue weighted by Crippen LogP contribution is -2.55. The SMILES string of the molecule is CC.CCN1[C@H](C)CN(C2=CCC(C)CC=N2)C[C@@H]1C. The molecule has 0 amide bonds. The molecule has 2 aliphatic heterocycles. The van der Waals surface area contributed by atoms with Crippen molar-refractivity contribution < 1.29 is 0 Å². The van der Waals surface area contributed by atoms with Crippen LogP contribution in [0.4, 0.5) is 0 Å². The Morgan fingerprint density at radius 2 is 1.70 bits per heavy atom. The van der Waals surface area contributed by atoms with E-state index < -0.39 is 0 Å². The zero-order valence-corrected chi connectivity index (χ0v) is 14.3. The highest BCUT2D eigenvalue weighted by Crippen LogP contribution is 2.22. The van der Waals surface area contributed by atoms with Crippen molar-refractivity contribution in [1.82, 2.24) is 9.80 Å². The van der Waals surface area contributed by atoms with Gasteiger partial charge in [-0.1, -0.05) is 27.7 Å². The summed E-state index contributed by atoms with van der Waals surface area (Å²) in [5, 5.41) is 0. The van der Waals surface area contributed by atoms with Crippen LogP contribution in [0, 0.1) is 5.92 Å². The van der Waals surface area contributed by atoms with Crippen molar-refractivity contribution in [2.45, 2.75) is 66.5 Å². The molecular formula is C17H33N3. The molecule has 20 heavy (non-hydrogen) atoms. The average molecular weight is 279 g/mol. The second kappa shape index (κ2) is 8.46. The van der Waals surface area contributed by atoms with Gasteiger partial charge in [-0.2, -0.15) is 0 Å². The van der Waals surface area contributed by atoms with E-state index in [2.05, 4.69) is 54.8 Å². The monoisotopic (exact) mass is 279 g/mol. The van der Waals surface area contributed by atoms with E-state index in [-0.39, 0.29) is 0 Å². The van der Waals surface area contributed by atoms with Crippen LogP contribution in [0.2, 0.25) is 0 Å². The van der Waals surface area contributed by atoms with E-state index in [1.807, 2.05) is 13.8 Å². The highest BCUT2D eigenvalue weighted by molar-refractivity contribution is 5.59. The third kappa shape index (κ3) is 4.34. The highest BCUT2D eigenvalue weighted by atomic mass is 15.3. The summed E-state index contributed by atoms with van der Waals surface area (Å²) in [6.45, 7) is 16.6. The van der Waals surface area contributed by atoms with Crippen molar-refractivity contribution >= 4 is 6.21 Å². The van der Waals surface area contributed by atoms with Gasteiger partial charge in [-0.25, -0.2) is 4.99 Å². The van der Waals surface area contributed by atoms with Crippen molar-refractivity contribution in [1.29, 1.82) is 0 Å². The maximum atomic E-state index is 4.66. The molecule has 1 unspecified atom stereocenters. The van der Waals surface area contributed by atoms with E-state index in [4.69, 9.17) is 0 Å². The molecule has 0 aliphatic carbocycles. The summed E-state index contributed by atoms with van der Waals surface area (Å²) in [6.07, 6.45) is 6.70. The zero-order chi connectivity index (χ0) is 15.1. The van der Waals surface area contributed by atoms with Gasteiger partial charge in [0.05, 0.1) is 0 Å². The summed E-state index contributed by atoms with van der Waals surface area (Å²) in [5.74, 6) is 1.94. The summed E-state index contributed by atoms with van der Waals surface area (Å²) in [5.41, 5.74) is 0. The smallest absolute Gasteiger partial charge is 0.124 e. The van der Waals surface area contributed by atoms with Crippen LogP contribution in [0.15, 0.2) is 16.9 Å². The molecule has 2 rings (SSSR count). The summed E-state index contributed by atoms with van der Waals surface area (Å²) in [7, 11) is 0. The molecule has 3 heteroatoms. The third-order valence-electron chi connectivity index (χ3n) is 4.22. The minimum Gasteiger partial charge on any atom is -0.354 e. The maximum absolute atomic E-state index is 4.66. The van der Waals surface area contributed by atoms with Crippen LogP contribution in [0.5, 0.6) is 0 Å². The standard InChI is InChI=1S/C15H27N3.C2H6/c1-5-18-13(3)10-17(11-14(18)4)15-7-6-12(2)8-9-16-15;1-2/h7,9,12-14H,5-6,8,10-11H2,1-4H3;1-2H3/t12?,13-,14+;. The minimum absolute atomic E-state index is 0.621. The Bertz CT molecular complexity index is 323. The molecule has 0 aromatic carbocycles. The van der Waals surface area contributed by atoms with Crippen molar-refractivity contribution in [2.24, 2.45) is 10.9 Å². The van der Waals surface area contributed by atoms with Gasteiger partial charge in [0.25, 0.3) is 0 Å². The van der Waals surface area contributed by atoms with E-state index in [1.54, 1.807) is 0 Å². The van der Waals surface area contributed by atoms with Gasteiger partial charge in [-0.3, -0.25) is 4.90 Å². The molecule has 116 valence electrons. The summed E-state index contributed by atoms with van der Waals surface area (Å²) < 4.78 is 0. The molecule has 0 radical (unpaired) electrons. The number of likely N-dealkylation sites (N-methyl/N-ethyl adjacent to an activating group) is 1. The first kappa shape index (κ1) is 17.2. The lowest BCUT2D eigenvalue weighted by Gasteiger charge is -2.44. The number of rotatable bonds is 2. The van der Waals surface area contributed by atoms with E-state index in [9.17, 15) is 0 Å². The molecule has 3 atom stereocenters. The van der Waals surface area contributed by atoms with Crippen LogP contribution in [-0.4, -0.2) is 47.7 Å². The van der Waals surface area contributed by atoms with Gasteiger partial charge in [0, 0.05) is 31.4 Å². The van der Waals surface area contributed by atoms with E-state index in [0.29, 0.717) is 12.1 Å². The summed E-state index contributed by atoms with van der Waals surface area (Å²) in [4.78, 5) is 9.71. The molecule has 0 N–H and O–H groups in total. The Hall–Kier alpha value is -0.830. The molecule has 2 heterocycles. The van der Waals surface area contributed by atoms with Crippen molar-refractivity contribution in [3.8, 4) is 0 Å². The summed E-state index contributed by atoms with van der Waals surface area (Å²) >= 11 is 0. The first-order valence-electron chi connectivity index (χ1n) is 8.35. The largest absolute Gasteiger partial charge is 0.354 e. The van der Waals surface area contributed by atoms with Gasteiger partial charge < -0.3 is 4.90 Å². The first-order valence-corrected chi connectivity index (χ1v) is 8.35. The fraction of sp³-hybridized carbons (Fsp3) is 0.824. The van der Waals surface area contributed by atoms with Gasteiger partial charge in [0.2, 0.25) is 0 Å². The number of hydrogen-bond acceptors (Lipinski definition) is 3. The topological polar surface area (TPSA) is 18.8 Å². The van der Waals surface area contributed by atoms with Gasteiger partial charge in [0.15, 0.2) is 0 Å². The van der Waals surface area contributed by atoms with Crippen LogP contribution in [0.25, 0.3) is 0 Å². The van der Waals surface area contributed by atoms with Crippen LogP contribution < -0.4 is 0 Å². The predicted molar refractivity (Wildman–Crippen MR) is 89.2 cm³/mol. The van der Waals surface area contributed by atoms with Gasteiger partial charge in [-0.05, 0) is 45.2 Å². The molecule has 0 spiro atoms. The normalized spacial score (nSPS) is 31.2. The molecule has 3 nitrogen and oxygen atoms in total. The number of piperazine rings is 1. The fourth-order valence-electron chi connectivity index (χ4n) is 3.16. The molecule has 0 saturated carbocycles. The molecule has 0 aromatic rings. The minimum atomic E-state index is 0.621. The molecular weight excluding hydrogens is 246 g/mol. The van der Waals surface area contributed by atoms with Gasteiger partial charge in [0.1, 0.15) is 5.82 Å². The molecule has 2 aliphatic rings. The number of nitrogens with zero attached hydrogens (tertiary/aromatic N) is 3. The first-order chi connectivity index (χ1) is 9.61. The predicted octanol–water partition coefficient (Wildman–Crippen LogP) is 3.77. The van der Waals surface area contributed by atoms with E-state index in [0.717, 1.165) is 38.4 Å². The number of hydrogen-bond donors (Lipinski definition) is 0. The molecule has 0 aromatic heterocycles. The van der Waals surface area contributed by atoms with Gasteiger partial charge >= 0.3 is 0 Å². The molecule has 0 bridgehead atoms. The Morgan fingerprint density at radius 1 is 1.10 bits per heavy atom. The van der Waals surface area contributed by atoms with Crippen molar-refractivity contribution in [3.05, 3.63) is 11.9 Å². The Labute approximate surface area is 125 Å². The Kier molecular flexibility index (Phi) is 7.28. The fourth-order valence-corrected chi connectivity index (χ4v) is 3.16. The highest BCUT2D eigenvalue weighted by Gasteiger charge is 2.29. The summed E-state index contributed by atoms with van der Waals surface area (Å²) in [6, 6.07) is 1.24. The quantitative estimate of drug-likeness (QED) is 0.766. The lowest BCUT2D eigenvalue weighted by atomic mass is 10.1. The number of allylic oxidation sites excluding steroid dienone is 1. The number of aliphatic imine (C=N–C) groups is 1. The average Bonchev–Trinajstić information content (AvgIpc) is 2.65. The molecule has 1 saturated heterocycles. The Morgan fingerprint density at radius 3 is 2.25 bits per heavy atom. The van der Waals surface area contributed by atoms with Gasteiger partial charge in [-0.15, -0.1) is 0 Å². The van der Waals surface area contributed by atoms with E-state index in [1.165, 1.54) is 5.82 Å². The molecule has 1 fully saturated rings. The second-order valence-corrected chi connectivity index (χ2v) is 5.88. The van der Waals surface area contributed by atoms with Crippen molar-refractivity contribution in [2.75, 3.05) is 19.6 Å². The lowest BCUT2D eigenvalue weighted by molar-refractivity contribution is 0.0603.